The molecular weight excluding hydrogens is 418 g/mol. The highest BCUT2D eigenvalue weighted by molar-refractivity contribution is 7.17. The van der Waals surface area contributed by atoms with Crippen LogP contribution >= 0.6 is 11.3 Å². The van der Waals surface area contributed by atoms with E-state index in [2.05, 4.69) is 15.0 Å². The average molecular weight is 439 g/mol. The number of carbonyl (C=O) groups excluding carboxylic acids is 1. The Labute approximate surface area is 182 Å². The number of hydrogen-bond acceptors (Lipinski definition) is 8. The molecule has 5 rings (SSSR count). The number of amides is 1. The van der Waals surface area contributed by atoms with E-state index in [-0.39, 0.29) is 17.8 Å². The van der Waals surface area contributed by atoms with Crippen molar-refractivity contribution >= 4 is 22.2 Å². The molecule has 0 spiro atoms. The summed E-state index contributed by atoms with van der Waals surface area (Å²) in [6, 6.07) is 11.0. The minimum atomic E-state index is -0.218. The fourth-order valence-corrected chi connectivity index (χ4v) is 5.04. The van der Waals surface area contributed by atoms with E-state index in [9.17, 15) is 9.90 Å². The first-order chi connectivity index (χ1) is 15.2. The number of hydrogen-bond donors (Lipinski definition) is 1. The van der Waals surface area contributed by atoms with Gasteiger partial charge in [0.25, 0.3) is 5.91 Å². The highest BCUT2D eigenvalue weighted by atomic mass is 32.1. The molecular formula is C21H21N5O4S. The highest BCUT2D eigenvalue weighted by Crippen LogP contribution is 2.40. The number of carbonyl (C=O) groups is 1. The van der Waals surface area contributed by atoms with Crippen LogP contribution in [0.2, 0.25) is 0 Å². The summed E-state index contributed by atoms with van der Waals surface area (Å²) in [4.78, 5) is 22.3. The Kier molecular flexibility index (Phi) is 5.08. The van der Waals surface area contributed by atoms with Gasteiger partial charge in [0.15, 0.2) is 5.76 Å². The summed E-state index contributed by atoms with van der Waals surface area (Å²) in [6.07, 6.45) is 2.93. The maximum Gasteiger partial charge on any atom is 0.289 e. The van der Waals surface area contributed by atoms with Gasteiger partial charge in [-0.3, -0.25) is 9.69 Å². The fourth-order valence-electron chi connectivity index (χ4n) is 3.95. The van der Waals surface area contributed by atoms with Gasteiger partial charge in [-0.2, -0.15) is 9.61 Å². The minimum absolute atomic E-state index is 0.0828. The fraction of sp³-hybridized carbons (Fsp3) is 0.286. The number of furan rings is 1. The molecule has 31 heavy (non-hydrogen) atoms. The summed E-state index contributed by atoms with van der Waals surface area (Å²) in [5.41, 5.74) is 0.991. The number of ether oxygens (including phenoxy) is 1. The monoisotopic (exact) mass is 439 g/mol. The second kappa shape index (κ2) is 8.05. The van der Waals surface area contributed by atoms with E-state index in [0.29, 0.717) is 36.9 Å². The summed E-state index contributed by atoms with van der Waals surface area (Å²) in [5.74, 6) is 1.07. The molecule has 1 amide bonds. The molecule has 1 atom stereocenters. The number of aromatic nitrogens is 3. The van der Waals surface area contributed by atoms with Crippen LogP contribution in [0, 0.1) is 0 Å². The zero-order valence-corrected chi connectivity index (χ0v) is 17.7. The van der Waals surface area contributed by atoms with Gasteiger partial charge in [-0.15, -0.1) is 0 Å². The molecule has 4 heterocycles. The van der Waals surface area contributed by atoms with Crippen LogP contribution in [0.15, 0.2) is 53.4 Å². The zero-order chi connectivity index (χ0) is 21.4. The number of methoxy groups -OCH3 is 1. The van der Waals surface area contributed by atoms with Crippen LogP contribution in [0.4, 0.5) is 0 Å². The Bertz CT molecular complexity index is 1190. The quantitative estimate of drug-likeness (QED) is 0.511. The SMILES string of the molecule is COc1cccc([C@@H](c2sc3ncnn3c2O)N2CCN(C(=O)c3ccco3)CC2)c1. The van der Waals surface area contributed by atoms with Gasteiger partial charge in [0.1, 0.15) is 12.1 Å². The van der Waals surface area contributed by atoms with E-state index < -0.39 is 0 Å². The lowest BCUT2D eigenvalue weighted by Gasteiger charge is -2.38. The van der Waals surface area contributed by atoms with Gasteiger partial charge < -0.3 is 19.2 Å². The van der Waals surface area contributed by atoms with E-state index in [0.717, 1.165) is 16.2 Å². The molecule has 0 aliphatic carbocycles. The smallest absolute Gasteiger partial charge is 0.289 e. The Morgan fingerprint density at radius 3 is 2.77 bits per heavy atom. The Morgan fingerprint density at radius 1 is 1.23 bits per heavy atom. The first-order valence-electron chi connectivity index (χ1n) is 9.88. The molecule has 10 heteroatoms. The van der Waals surface area contributed by atoms with E-state index in [4.69, 9.17) is 9.15 Å². The van der Waals surface area contributed by atoms with Crippen LogP contribution in [0.5, 0.6) is 11.6 Å². The van der Waals surface area contributed by atoms with Crippen molar-refractivity contribution in [2.45, 2.75) is 6.04 Å². The van der Waals surface area contributed by atoms with E-state index in [1.54, 1.807) is 24.1 Å². The van der Waals surface area contributed by atoms with Crippen molar-refractivity contribution in [3.8, 4) is 11.6 Å². The van der Waals surface area contributed by atoms with Crippen molar-refractivity contribution in [1.82, 2.24) is 24.4 Å². The standard InChI is InChI=1S/C21H21N5O4S/c1-29-15-5-2-4-14(12-15)17(18-20(28)26-21(31-18)22-13-23-26)24-7-9-25(10-8-24)19(27)16-6-3-11-30-16/h2-6,11-13,17,28H,7-10H2,1H3/t17-/m0/s1. The molecule has 0 radical (unpaired) electrons. The summed E-state index contributed by atoms with van der Waals surface area (Å²) in [6.45, 7) is 2.39. The van der Waals surface area contributed by atoms with E-state index >= 15 is 0 Å². The number of nitrogens with zero attached hydrogens (tertiary/aromatic N) is 5. The third kappa shape index (κ3) is 3.53. The number of benzene rings is 1. The first-order valence-corrected chi connectivity index (χ1v) is 10.7. The molecule has 0 bridgehead atoms. The molecule has 0 unspecified atom stereocenters. The molecule has 160 valence electrons. The third-order valence-corrected chi connectivity index (χ3v) is 6.58. The zero-order valence-electron chi connectivity index (χ0n) is 16.8. The molecule has 9 nitrogen and oxygen atoms in total. The van der Waals surface area contributed by atoms with Gasteiger partial charge in [-0.1, -0.05) is 23.5 Å². The van der Waals surface area contributed by atoms with Gasteiger partial charge in [0.05, 0.1) is 24.3 Å². The predicted octanol–water partition coefficient (Wildman–Crippen LogP) is 2.65. The van der Waals surface area contributed by atoms with Crippen LogP contribution < -0.4 is 4.74 Å². The molecule has 0 saturated carbocycles. The molecule has 1 aliphatic heterocycles. The number of piperazine rings is 1. The highest BCUT2D eigenvalue weighted by Gasteiger charge is 2.33. The lowest BCUT2D eigenvalue weighted by Crippen LogP contribution is -2.49. The van der Waals surface area contributed by atoms with Crippen LogP contribution in [-0.4, -0.2) is 68.7 Å². The van der Waals surface area contributed by atoms with Crippen LogP contribution in [0.3, 0.4) is 0 Å². The molecule has 1 aromatic carbocycles. The second-order valence-corrected chi connectivity index (χ2v) is 8.24. The maximum atomic E-state index is 12.6. The lowest BCUT2D eigenvalue weighted by molar-refractivity contribution is 0.0568. The number of rotatable bonds is 5. The molecule has 1 aliphatic rings. The second-order valence-electron chi connectivity index (χ2n) is 7.23. The number of aromatic hydroxyl groups is 1. The van der Waals surface area contributed by atoms with Gasteiger partial charge in [-0.05, 0) is 29.8 Å². The van der Waals surface area contributed by atoms with Crippen molar-refractivity contribution in [2.24, 2.45) is 0 Å². The number of thiazole rings is 1. The topological polar surface area (TPSA) is 96.3 Å². The van der Waals surface area contributed by atoms with Crippen LogP contribution in [0.1, 0.15) is 27.0 Å². The van der Waals surface area contributed by atoms with Crippen molar-refractivity contribution in [1.29, 1.82) is 0 Å². The third-order valence-electron chi connectivity index (χ3n) is 5.50. The van der Waals surface area contributed by atoms with Gasteiger partial charge in [0.2, 0.25) is 10.8 Å². The minimum Gasteiger partial charge on any atom is -0.497 e. The van der Waals surface area contributed by atoms with E-state index in [1.165, 1.54) is 28.4 Å². The molecule has 3 aromatic heterocycles. The average Bonchev–Trinajstić information content (AvgIpc) is 3.55. The first kappa shape index (κ1) is 19.6. The molecule has 1 fully saturated rings. The lowest BCUT2D eigenvalue weighted by atomic mass is 10.0. The summed E-state index contributed by atoms with van der Waals surface area (Å²) < 4.78 is 12.1. The Hall–Kier alpha value is -3.37. The summed E-state index contributed by atoms with van der Waals surface area (Å²) >= 11 is 1.41. The van der Waals surface area contributed by atoms with Crippen molar-refractivity contribution in [3.05, 3.63) is 65.2 Å². The summed E-state index contributed by atoms with van der Waals surface area (Å²) in [7, 11) is 1.63. The van der Waals surface area contributed by atoms with Crippen molar-refractivity contribution < 1.29 is 19.1 Å². The molecule has 4 aromatic rings. The molecule has 1 saturated heterocycles. The largest absolute Gasteiger partial charge is 0.497 e. The number of fused-ring (bicyclic) bond motifs is 1. The van der Waals surface area contributed by atoms with Gasteiger partial charge >= 0.3 is 0 Å². The predicted molar refractivity (Wildman–Crippen MR) is 114 cm³/mol. The van der Waals surface area contributed by atoms with Crippen LogP contribution in [-0.2, 0) is 0 Å². The van der Waals surface area contributed by atoms with Gasteiger partial charge in [0, 0.05) is 26.2 Å². The Balaban J connectivity index is 1.46. The van der Waals surface area contributed by atoms with Crippen molar-refractivity contribution in [3.63, 3.8) is 0 Å². The van der Waals surface area contributed by atoms with Gasteiger partial charge in [-0.25, -0.2) is 4.98 Å². The molecule has 1 N–H and O–H groups in total. The maximum absolute atomic E-state index is 12.6. The van der Waals surface area contributed by atoms with Crippen molar-refractivity contribution in [2.75, 3.05) is 33.3 Å². The van der Waals surface area contributed by atoms with E-state index in [1.807, 2.05) is 24.3 Å². The summed E-state index contributed by atoms with van der Waals surface area (Å²) in [5, 5.41) is 15.0. The Morgan fingerprint density at radius 2 is 2.06 bits per heavy atom. The normalized spacial score (nSPS) is 16.0. The van der Waals surface area contributed by atoms with Crippen LogP contribution in [0.25, 0.3) is 4.96 Å².